The number of imidazole rings is 1. The van der Waals surface area contributed by atoms with Crippen LogP contribution in [0.2, 0.25) is 0 Å². The molecule has 4 heteroatoms. The van der Waals surface area contributed by atoms with E-state index in [2.05, 4.69) is 34.2 Å². The van der Waals surface area contributed by atoms with E-state index in [9.17, 15) is 0 Å². The maximum atomic E-state index is 8.93. The van der Waals surface area contributed by atoms with Gasteiger partial charge in [0.15, 0.2) is 0 Å². The molecule has 0 spiro atoms. The summed E-state index contributed by atoms with van der Waals surface area (Å²) in [7, 11) is 0. The predicted octanol–water partition coefficient (Wildman–Crippen LogP) is 4.32. The minimum Gasteiger partial charge on any atom is -0.337 e. The maximum absolute atomic E-state index is 8.93. The van der Waals surface area contributed by atoms with E-state index in [4.69, 9.17) is 5.26 Å². The van der Waals surface area contributed by atoms with Crippen LogP contribution in [0, 0.1) is 11.3 Å². The molecule has 0 fully saturated rings. The fraction of sp³-hybridized carbons (Fsp3) is 0. The van der Waals surface area contributed by atoms with Gasteiger partial charge in [0, 0.05) is 4.70 Å². The number of hydrogen-bond donors (Lipinski definition) is 1. The summed E-state index contributed by atoms with van der Waals surface area (Å²) in [5.74, 6) is 0.858. The maximum Gasteiger partial charge on any atom is 0.148 e. The van der Waals surface area contributed by atoms with Crippen LogP contribution in [0.3, 0.4) is 0 Å². The van der Waals surface area contributed by atoms with Crippen LogP contribution in [0.5, 0.6) is 0 Å². The highest BCUT2D eigenvalue weighted by Gasteiger charge is 2.09. The van der Waals surface area contributed by atoms with E-state index in [1.807, 2.05) is 24.3 Å². The summed E-state index contributed by atoms with van der Waals surface area (Å²) in [6.07, 6.45) is 0. The smallest absolute Gasteiger partial charge is 0.148 e. The van der Waals surface area contributed by atoms with Crippen molar-refractivity contribution in [1.29, 1.82) is 5.26 Å². The zero-order chi connectivity index (χ0) is 13.5. The van der Waals surface area contributed by atoms with Gasteiger partial charge in [0.1, 0.15) is 5.82 Å². The van der Waals surface area contributed by atoms with Crippen molar-refractivity contribution >= 4 is 32.5 Å². The Morgan fingerprint density at radius 2 is 2.00 bits per heavy atom. The lowest BCUT2D eigenvalue weighted by Crippen LogP contribution is -1.73. The normalized spacial score (nSPS) is 10.9. The molecule has 2 aromatic carbocycles. The van der Waals surface area contributed by atoms with Gasteiger partial charge in [-0.1, -0.05) is 18.2 Å². The van der Waals surface area contributed by atoms with Gasteiger partial charge in [-0.05, 0) is 35.7 Å². The molecule has 3 nitrogen and oxygen atoms in total. The van der Waals surface area contributed by atoms with Crippen LogP contribution in [0.15, 0.2) is 48.5 Å². The van der Waals surface area contributed by atoms with Gasteiger partial charge in [0.2, 0.25) is 0 Å². The number of thiophene rings is 1. The zero-order valence-electron chi connectivity index (χ0n) is 10.4. The minimum atomic E-state index is 0.643. The molecule has 94 valence electrons. The average Bonchev–Trinajstić information content (AvgIpc) is 3.09. The van der Waals surface area contributed by atoms with E-state index in [1.165, 1.54) is 10.1 Å². The standard InChI is InChI=1S/C16H9N3S/c17-9-10-5-6-12-13(7-10)19-16(18-12)15-8-11-3-1-2-4-14(11)20-15/h1-8H,(H,18,19). The number of aromatic nitrogens is 2. The van der Waals surface area contributed by atoms with Crippen LogP contribution in [-0.4, -0.2) is 9.97 Å². The molecule has 4 rings (SSSR count). The monoisotopic (exact) mass is 275 g/mol. The molecule has 0 aliphatic heterocycles. The van der Waals surface area contributed by atoms with Gasteiger partial charge in [-0.2, -0.15) is 5.26 Å². The molecule has 0 aliphatic rings. The van der Waals surface area contributed by atoms with Crippen LogP contribution in [0.4, 0.5) is 0 Å². The Kier molecular flexibility index (Phi) is 2.35. The van der Waals surface area contributed by atoms with Crippen molar-refractivity contribution in [2.24, 2.45) is 0 Å². The van der Waals surface area contributed by atoms with Gasteiger partial charge in [-0.3, -0.25) is 0 Å². The van der Waals surface area contributed by atoms with Crippen molar-refractivity contribution in [2.45, 2.75) is 0 Å². The number of hydrogen-bond acceptors (Lipinski definition) is 3. The zero-order valence-corrected chi connectivity index (χ0v) is 11.2. The van der Waals surface area contributed by atoms with Gasteiger partial charge in [0.25, 0.3) is 0 Å². The van der Waals surface area contributed by atoms with E-state index in [-0.39, 0.29) is 0 Å². The summed E-state index contributed by atoms with van der Waals surface area (Å²) in [6, 6.07) is 18.1. The number of nitrogens with zero attached hydrogens (tertiary/aromatic N) is 2. The number of nitriles is 1. The highest BCUT2D eigenvalue weighted by atomic mass is 32.1. The van der Waals surface area contributed by atoms with Crippen molar-refractivity contribution < 1.29 is 0 Å². The largest absolute Gasteiger partial charge is 0.337 e. The van der Waals surface area contributed by atoms with Gasteiger partial charge in [-0.15, -0.1) is 11.3 Å². The highest BCUT2D eigenvalue weighted by Crippen LogP contribution is 2.32. The number of H-pyrrole nitrogens is 1. The van der Waals surface area contributed by atoms with Crippen LogP contribution >= 0.6 is 11.3 Å². The molecule has 0 amide bonds. The minimum absolute atomic E-state index is 0.643. The molecule has 0 bridgehead atoms. The Morgan fingerprint density at radius 1 is 1.10 bits per heavy atom. The molecule has 0 saturated heterocycles. The van der Waals surface area contributed by atoms with E-state index in [1.54, 1.807) is 17.4 Å². The van der Waals surface area contributed by atoms with Gasteiger partial charge in [-0.25, -0.2) is 4.98 Å². The van der Waals surface area contributed by atoms with Crippen LogP contribution < -0.4 is 0 Å². The summed E-state index contributed by atoms with van der Waals surface area (Å²) < 4.78 is 1.25. The van der Waals surface area contributed by atoms with Crippen LogP contribution in [0.25, 0.3) is 31.8 Å². The Bertz CT molecular complexity index is 939. The third kappa shape index (κ3) is 1.68. The molecule has 0 radical (unpaired) electrons. The van der Waals surface area contributed by atoms with Crippen LogP contribution in [0.1, 0.15) is 5.56 Å². The van der Waals surface area contributed by atoms with E-state index >= 15 is 0 Å². The first-order chi connectivity index (χ1) is 9.83. The second-order valence-corrected chi connectivity index (χ2v) is 5.66. The fourth-order valence-corrected chi connectivity index (χ4v) is 3.30. The highest BCUT2D eigenvalue weighted by molar-refractivity contribution is 7.22. The second-order valence-electron chi connectivity index (χ2n) is 4.58. The molecule has 4 aromatic rings. The van der Waals surface area contributed by atoms with Crippen molar-refractivity contribution in [3.8, 4) is 16.8 Å². The van der Waals surface area contributed by atoms with Crippen LogP contribution in [-0.2, 0) is 0 Å². The topological polar surface area (TPSA) is 52.5 Å². The molecule has 0 atom stereocenters. The van der Waals surface area contributed by atoms with E-state index in [0.29, 0.717) is 5.56 Å². The number of nitrogens with one attached hydrogen (secondary N) is 1. The third-order valence-electron chi connectivity index (χ3n) is 3.27. The van der Waals surface area contributed by atoms with Gasteiger partial charge >= 0.3 is 0 Å². The van der Waals surface area contributed by atoms with Gasteiger partial charge in [0.05, 0.1) is 27.5 Å². The first-order valence-electron chi connectivity index (χ1n) is 6.22. The molecule has 20 heavy (non-hydrogen) atoms. The number of rotatable bonds is 1. The first kappa shape index (κ1) is 11.2. The van der Waals surface area contributed by atoms with Crippen molar-refractivity contribution in [3.63, 3.8) is 0 Å². The molecule has 1 N–H and O–H groups in total. The summed E-state index contributed by atoms with van der Waals surface area (Å²) >= 11 is 1.72. The molecule has 0 aliphatic carbocycles. The Morgan fingerprint density at radius 3 is 2.85 bits per heavy atom. The predicted molar refractivity (Wildman–Crippen MR) is 81.6 cm³/mol. The Balaban J connectivity index is 1.91. The van der Waals surface area contributed by atoms with Gasteiger partial charge < -0.3 is 4.98 Å². The second kappa shape index (κ2) is 4.19. The lowest BCUT2D eigenvalue weighted by Gasteiger charge is -1.87. The molecule has 2 aromatic heterocycles. The Hall–Kier alpha value is -2.64. The SMILES string of the molecule is N#Cc1ccc2nc(-c3cc4ccccc4s3)[nH]c2c1. The lowest BCUT2D eigenvalue weighted by molar-refractivity contribution is 1.36. The summed E-state index contributed by atoms with van der Waals surface area (Å²) in [5, 5.41) is 10.2. The van der Waals surface area contributed by atoms with E-state index < -0.39 is 0 Å². The fourth-order valence-electron chi connectivity index (χ4n) is 2.29. The Labute approximate surface area is 119 Å². The summed E-state index contributed by atoms with van der Waals surface area (Å²) in [4.78, 5) is 9.01. The van der Waals surface area contributed by atoms with Crippen molar-refractivity contribution in [3.05, 3.63) is 54.1 Å². The number of fused-ring (bicyclic) bond motifs is 2. The van der Waals surface area contributed by atoms with E-state index in [0.717, 1.165) is 21.7 Å². The average molecular weight is 275 g/mol. The molecule has 2 heterocycles. The van der Waals surface area contributed by atoms with Crippen molar-refractivity contribution in [1.82, 2.24) is 9.97 Å². The molecule has 0 saturated carbocycles. The molecular weight excluding hydrogens is 266 g/mol. The molecular formula is C16H9N3S. The summed E-state index contributed by atoms with van der Waals surface area (Å²) in [6.45, 7) is 0. The summed E-state index contributed by atoms with van der Waals surface area (Å²) in [5.41, 5.74) is 2.43. The molecule has 0 unspecified atom stereocenters. The number of benzene rings is 2. The quantitative estimate of drug-likeness (QED) is 0.562. The third-order valence-corrected chi connectivity index (χ3v) is 4.39. The first-order valence-corrected chi connectivity index (χ1v) is 7.04. The lowest BCUT2D eigenvalue weighted by atomic mass is 10.2. The number of aromatic amines is 1. The van der Waals surface area contributed by atoms with Crippen molar-refractivity contribution in [2.75, 3.05) is 0 Å².